The van der Waals surface area contributed by atoms with E-state index >= 15 is 0 Å². The van der Waals surface area contributed by atoms with Crippen molar-refractivity contribution in [3.8, 4) is 0 Å². The molecule has 6 heteroatoms. The molecule has 0 spiro atoms. The standard InChI is InChI=1S/C11H15BrN2O3/c1-8(15)5-6-13(2)10-4-3-9(12)7-11(10)14(16)17/h3-4,7-8,15H,5-6H2,1-2H3. The number of aliphatic hydroxyl groups excluding tert-OH is 1. The molecule has 0 amide bonds. The highest BCUT2D eigenvalue weighted by Gasteiger charge is 2.17. The topological polar surface area (TPSA) is 66.6 Å². The van der Waals surface area contributed by atoms with Gasteiger partial charge in [-0.05, 0) is 25.5 Å². The van der Waals surface area contributed by atoms with Gasteiger partial charge in [-0.25, -0.2) is 0 Å². The SMILES string of the molecule is CC(O)CCN(C)c1ccc(Br)cc1[N+](=O)[O-]. The highest BCUT2D eigenvalue weighted by molar-refractivity contribution is 9.10. The molecule has 0 saturated heterocycles. The van der Waals surface area contributed by atoms with Gasteiger partial charge in [-0.3, -0.25) is 10.1 Å². The van der Waals surface area contributed by atoms with Gasteiger partial charge in [0.15, 0.2) is 0 Å². The molecule has 17 heavy (non-hydrogen) atoms. The Morgan fingerprint density at radius 1 is 1.59 bits per heavy atom. The van der Waals surface area contributed by atoms with Gasteiger partial charge in [-0.1, -0.05) is 15.9 Å². The molecule has 1 aromatic carbocycles. The number of hydrogen-bond acceptors (Lipinski definition) is 4. The first-order chi connectivity index (χ1) is 7.91. The van der Waals surface area contributed by atoms with E-state index in [1.165, 1.54) is 6.07 Å². The molecule has 1 rings (SSSR count). The number of nitro benzene ring substituents is 1. The maximum atomic E-state index is 10.9. The Bertz CT molecular complexity index is 410. The van der Waals surface area contributed by atoms with Crippen LogP contribution in [0.5, 0.6) is 0 Å². The largest absolute Gasteiger partial charge is 0.393 e. The molecule has 1 N–H and O–H groups in total. The van der Waals surface area contributed by atoms with Gasteiger partial charge < -0.3 is 10.0 Å². The zero-order valence-electron chi connectivity index (χ0n) is 9.76. The van der Waals surface area contributed by atoms with Crippen molar-refractivity contribution in [1.82, 2.24) is 0 Å². The highest BCUT2D eigenvalue weighted by Crippen LogP contribution is 2.30. The molecule has 0 aliphatic rings. The third-order valence-corrected chi connectivity index (χ3v) is 2.92. The van der Waals surface area contributed by atoms with E-state index in [4.69, 9.17) is 0 Å². The van der Waals surface area contributed by atoms with E-state index in [0.29, 0.717) is 23.1 Å². The molecular formula is C11H15BrN2O3. The second-order valence-electron chi connectivity index (χ2n) is 3.95. The molecule has 0 fully saturated rings. The molecule has 0 saturated carbocycles. The van der Waals surface area contributed by atoms with Crippen molar-refractivity contribution in [3.05, 3.63) is 32.8 Å². The lowest BCUT2D eigenvalue weighted by Crippen LogP contribution is -2.22. The van der Waals surface area contributed by atoms with Crippen LogP contribution in [0.1, 0.15) is 13.3 Å². The molecule has 0 bridgehead atoms. The van der Waals surface area contributed by atoms with Crippen LogP contribution in [0.3, 0.4) is 0 Å². The zero-order chi connectivity index (χ0) is 13.0. The van der Waals surface area contributed by atoms with E-state index in [9.17, 15) is 15.2 Å². The number of rotatable bonds is 5. The minimum absolute atomic E-state index is 0.0625. The van der Waals surface area contributed by atoms with Crippen LogP contribution in [0.2, 0.25) is 0 Å². The van der Waals surface area contributed by atoms with Gasteiger partial charge in [0.05, 0.1) is 11.0 Å². The van der Waals surface area contributed by atoms with Crippen molar-refractivity contribution in [2.24, 2.45) is 0 Å². The summed E-state index contributed by atoms with van der Waals surface area (Å²) in [6.45, 7) is 2.27. The number of halogens is 1. The maximum absolute atomic E-state index is 10.9. The van der Waals surface area contributed by atoms with Crippen LogP contribution >= 0.6 is 15.9 Å². The lowest BCUT2D eigenvalue weighted by Gasteiger charge is -2.19. The van der Waals surface area contributed by atoms with Gasteiger partial charge in [-0.15, -0.1) is 0 Å². The monoisotopic (exact) mass is 302 g/mol. The van der Waals surface area contributed by atoms with Gasteiger partial charge in [0, 0.05) is 24.1 Å². The maximum Gasteiger partial charge on any atom is 0.293 e. The Morgan fingerprint density at radius 3 is 2.76 bits per heavy atom. The third kappa shape index (κ3) is 3.98. The summed E-state index contributed by atoms with van der Waals surface area (Å²) in [4.78, 5) is 12.3. The van der Waals surface area contributed by atoms with E-state index in [2.05, 4.69) is 15.9 Å². The third-order valence-electron chi connectivity index (χ3n) is 2.43. The van der Waals surface area contributed by atoms with Crippen LogP contribution in [-0.4, -0.2) is 29.7 Å². The van der Waals surface area contributed by atoms with E-state index < -0.39 is 11.0 Å². The van der Waals surface area contributed by atoms with Crippen molar-refractivity contribution in [3.63, 3.8) is 0 Å². The fraction of sp³-hybridized carbons (Fsp3) is 0.455. The Hall–Kier alpha value is -1.14. The first kappa shape index (κ1) is 13.9. The van der Waals surface area contributed by atoms with Crippen LogP contribution < -0.4 is 4.90 Å². The summed E-state index contributed by atoms with van der Waals surface area (Å²) in [5, 5.41) is 20.1. The minimum Gasteiger partial charge on any atom is -0.393 e. The Labute approximate surface area is 108 Å². The van der Waals surface area contributed by atoms with Crippen LogP contribution in [0.15, 0.2) is 22.7 Å². The fourth-order valence-electron chi connectivity index (χ4n) is 1.47. The van der Waals surface area contributed by atoms with Crippen molar-refractivity contribution >= 4 is 27.3 Å². The summed E-state index contributed by atoms with van der Waals surface area (Å²) in [6, 6.07) is 4.94. The summed E-state index contributed by atoms with van der Waals surface area (Å²) in [5.41, 5.74) is 0.617. The Kier molecular flexibility index (Phi) is 4.89. The predicted octanol–water partition coefficient (Wildman–Crippen LogP) is 2.56. The molecule has 0 radical (unpaired) electrons. The highest BCUT2D eigenvalue weighted by atomic mass is 79.9. The zero-order valence-corrected chi connectivity index (χ0v) is 11.3. The number of aliphatic hydroxyl groups is 1. The quantitative estimate of drug-likeness (QED) is 0.670. The lowest BCUT2D eigenvalue weighted by atomic mass is 10.2. The first-order valence-corrected chi connectivity index (χ1v) is 6.04. The van der Waals surface area contributed by atoms with Gasteiger partial charge in [0.1, 0.15) is 5.69 Å². The summed E-state index contributed by atoms with van der Waals surface area (Å²) in [5.74, 6) is 0. The molecule has 0 heterocycles. The molecule has 5 nitrogen and oxygen atoms in total. The minimum atomic E-state index is -0.410. The second-order valence-corrected chi connectivity index (χ2v) is 4.87. The Morgan fingerprint density at radius 2 is 2.24 bits per heavy atom. The van der Waals surface area contributed by atoms with Gasteiger partial charge in [0.2, 0.25) is 0 Å². The fourth-order valence-corrected chi connectivity index (χ4v) is 1.82. The van der Waals surface area contributed by atoms with E-state index in [-0.39, 0.29) is 5.69 Å². The average molecular weight is 303 g/mol. The second kappa shape index (κ2) is 5.97. The summed E-state index contributed by atoms with van der Waals surface area (Å²) >= 11 is 3.21. The molecule has 0 aliphatic carbocycles. The van der Waals surface area contributed by atoms with E-state index in [0.717, 1.165) is 0 Å². The lowest BCUT2D eigenvalue weighted by molar-refractivity contribution is -0.384. The first-order valence-electron chi connectivity index (χ1n) is 5.25. The molecular weight excluding hydrogens is 288 g/mol. The molecule has 1 atom stereocenters. The van der Waals surface area contributed by atoms with Crippen LogP contribution in [0.25, 0.3) is 0 Å². The average Bonchev–Trinajstić information content (AvgIpc) is 2.25. The molecule has 0 aliphatic heterocycles. The molecule has 94 valence electrons. The van der Waals surface area contributed by atoms with E-state index in [1.54, 1.807) is 31.0 Å². The van der Waals surface area contributed by atoms with Crippen LogP contribution in [0.4, 0.5) is 11.4 Å². The number of anilines is 1. The van der Waals surface area contributed by atoms with E-state index in [1.807, 2.05) is 0 Å². The van der Waals surface area contributed by atoms with Crippen molar-refractivity contribution in [1.29, 1.82) is 0 Å². The number of hydrogen-bond donors (Lipinski definition) is 1. The van der Waals surface area contributed by atoms with Crippen molar-refractivity contribution < 1.29 is 10.0 Å². The van der Waals surface area contributed by atoms with Crippen molar-refractivity contribution in [2.75, 3.05) is 18.5 Å². The Balaban J connectivity index is 2.92. The number of nitro groups is 1. The van der Waals surface area contributed by atoms with Crippen molar-refractivity contribution in [2.45, 2.75) is 19.4 Å². The smallest absolute Gasteiger partial charge is 0.293 e. The van der Waals surface area contributed by atoms with Crippen LogP contribution in [-0.2, 0) is 0 Å². The normalized spacial score (nSPS) is 12.2. The van der Waals surface area contributed by atoms with Gasteiger partial charge in [-0.2, -0.15) is 0 Å². The predicted molar refractivity (Wildman–Crippen MR) is 70.4 cm³/mol. The molecule has 0 aromatic heterocycles. The number of benzene rings is 1. The molecule has 1 aromatic rings. The number of nitrogens with zero attached hydrogens (tertiary/aromatic N) is 2. The summed E-state index contributed by atoms with van der Waals surface area (Å²) < 4.78 is 0.678. The summed E-state index contributed by atoms with van der Waals surface area (Å²) in [7, 11) is 1.78. The molecule has 1 unspecified atom stereocenters. The van der Waals surface area contributed by atoms with Gasteiger partial charge in [0.25, 0.3) is 5.69 Å². The summed E-state index contributed by atoms with van der Waals surface area (Å²) in [6.07, 6.45) is 0.163. The van der Waals surface area contributed by atoms with Gasteiger partial charge >= 0.3 is 0 Å². The van der Waals surface area contributed by atoms with Crippen LogP contribution in [0, 0.1) is 10.1 Å².